The number of rotatable bonds is 4. The van der Waals surface area contributed by atoms with Gasteiger partial charge in [-0.1, -0.05) is 5.21 Å². The van der Waals surface area contributed by atoms with E-state index in [1.807, 2.05) is 11.8 Å². The molecule has 9 heteroatoms. The molecule has 1 aliphatic rings. The third kappa shape index (κ3) is 1.95. The lowest BCUT2D eigenvalue weighted by Crippen LogP contribution is -2.54. The first-order valence-electron chi connectivity index (χ1n) is 6.36. The number of carbonyl (C=O) groups is 1. The van der Waals surface area contributed by atoms with Crippen molar-refractivity contribution in [3.05, 3.63) is 6.33 Å². The summed E-state index contributed by atoms with van der Waals surface area (Å²) >= 11 is 0. The van der Waals surface area contributed by atoms with E-state index in [2.05, 4.69) is 30.6 Å². The quantitative estimate of drug-likeness (QED) is 0.742. The molecule has 9 nitrogen and oxygen atoms in total. The van der Waals surface area contributed by atoms with E-state index in [0.717, 1.165) is 5.82 Å². The topological polar surface area (TPSA) is 98.1 Å². The molecule has 1 aliphatic heterocycles. The van der Waals surface area contributed by atoms with Gasteiger partial charge in [-0.2, -0.15) is 0 Å². The van der Waals surface area contributed by atoms with Crippen LogP contribution in [0.15, 0.2) is 6.33 Å². The minimum absolute atomic E-state index is 0.0961. The molecule has 1 amide bonds. The number of nitrogens with zero attached hydrogens (tertiary/aromatic N) is 6. The number of carbonyl (C=O) groups excluding carboxylic acids is 1. The summed E-state index contributed by atoms with van der Waals surface area (Å²) in [6.45, 7) is 3.84. The molecule has 0 radical (unpaired) electrons. The van der Waals surface area contributed by atoms with E-state index < -0.39 is 0 Å². The van der Waals surface area contributed by atoms with Gasteiger partial charge < -0.3 is 4.90 Å². The summed E-state index contributed by atoms with van der Waals surface area (Å²) < 4.78 is 1.72. The number of aromatic nitrogens is 5. The van der Waals surface area contributed by atoms with Crippen molar-refractivity contribution < 1.29 is 9.63 Å². The van der Waals surface area contributed by atoms with Crippen LogP contribution in [0.2, 0.25) is 0 Å². The number of hydrogen-bond donors (Lipinski definition) is 1. The highest BCUT2D eigenvalue weighted by Crippen LogP contribution is 2.27. The average molecular weight is 277 g/mol. The third-order valence-electron chi connectivity index (χ3n) is 3.33. The van der Waals surface area contributed by atoms with Crippen molar-refractivity contribution in [2.45, 2.75) is 13.5 Å². The van der Waals surface area contributed by atoms with Gasteiger partial charge in [-0.05, 0) is 6.92 Å². The lowest BCUT2D eigenvalue weighted by atomic mass is 9.99. The minimum atomic E-state index is -0.119. The van der Waals surface area contributed by atoms with Crippen molar-refractivity contribution in [2.75, 3.05) is 25.1 Å². The number of hydroxylamine groups is 1. The normalized spacial score (nSPS) is 15.4. The van der Waals surface area contributed by atoms with Crippen molar-refractivity contribution in [1.29, 1.82) is 0 Å². The molecular formula is C11H15N7O2. The molecule has 106 valence electrons. The Bertz CT molecular complexity index is 635. The molecule has 0 spiro atoms. The van der Waals surface area contributed by atoms with Crippen molar-refractivity contribution >= 4 is 22.9 Å². The van der Waals surface area contributed by atoms with Crippen LogP contribution in [0.5, 0.6) is 0 Å². The number of anilines is 1. The maximum absolute atomic E-state index is 11.6. The third-order valence-corrected chi connectivity index (χ3v) is 3.33. The molecular weight excluding hydrogens is 262 g/mol. The monoisotopic (exact) mass is 277 g/mol. The zero-order valence-corrected chi connectivity index (χ0v) is 11.3. The Morgan fingerprint density at radius 3 is 3.00 bits per heavy atom. The standard InChI is InChI=1S/C11H15N7O2/c1-3-18-10-8(14-16-18)9(12-6-13-10)17-4-7(5-17)11(19)15-20-2/h6-7H,3-5H2,1-2H3,(H,15,19). The fourth-order valence-corrected chi connectivity index (χ4v) is 2.23. The van der Waals surface area contributed by atoms with Crippen LogP contribution in [0, 0.1) is 5.92 Å². The summed E-state index contributed by atoms with van der Waals surface area (Å²) in [7, 11) is 1.42. The second-order valence-electron chi connectivity index (χ2n) is 4.55. The molecule has 20 heavy (non-hydrogen) atoms. The van der Waals surface area contributed by atoms with Gasteiger partial charge in [0.2, 0.25) is 5.91 Å². The summed E-state index contributed by atoms with van der Waals surface area (Å²) in [6, 6.07) is 0. The van der Waals surface area contributed by atoms with Crippen molar-refractivity contribution in [2.24, 2.45) is 5.92 Å². The maximum atomic E-state index is 11.6. The smallest absolute Gasteiger partial charge is 0.250 e. The molecule has 0 aliphatic carbocycles. The van der Waals surface area contributed by atoms with Crippen LogP contribution in [-0.2, 0) is 16.2 Å². The molecule has 1 saturated heterocycles. The molecule has 0 saturated carbocycles. The van der Waals surface area contributed by atoms with Crippen LogP contribution in [0.3, 0.4) is 0 Å². The highest BCUT2D eigenvalue weighted by molar-refractivity contribution is 5.86. The Morgan fingerprint density at radius 2 is 2.30 bits per heavy atom. The summed E-state index contributed by atoms with van der Waals surface area (Å²) in [6.07, 6.45) is 1.50. The van der Waals surface area contributed by atoms with E-state index in [9.17, 15) is 4.79 Å². The predicted octanol–water partition coefficient (Wildman–Crippen LogP) is -0.645. The van der Waals surface area contributed by atoms with E-state index in [1.54, 1.807) is 4.68 Å². The van der Waals surface area contributed by atoms with E-state index in [1.165, 1.54) is 13.4 Å². The number of nitrogens with one attached hydrogen (secondary N) is 1. The highest BCUT2D eigenvalue weighted by Gasteiger charge is 2.35. The van der Waals surface area contributed by atoms with Gasteiger partial charge in [0.05, 0.1) is 13.0 Å². The molecule has 2 aromatic rings. The fraction of sp³-hybridized carbons (Fsp3) is 0.545. The van der Waals surface area contributed by atoms with Gasteiger partial charge in [-0.25, -0.2) is 20.1 Å². The summed E-state index contributed by atoms with van der Waals surface area (Å²) in [5.41, 5.74) is 3.72. The predicted molar refractivity (Wildman–Crippen MR) is 69.6 cm³/mol. The first kappa shape index (κ1) is 12.7. The van der Waals surface area contributed by atoms with E-state index in [4.69, 9.17) is 0 Å². The van der Waals surface area contributed by atoms with Gasteiger partial charge in [0.15, 0.2) is 17.0 Å². The van der Waals surface area contributed by atoms with Crippen LogP contribution >= 0.6 is 0 Å². The van der Waals surface area contributed by atoms with Crippen LogP contribution in [-0.4, -0.2) is 51.1 Å². The highest BCUT2D eigenvalue weighted by atomic mass is 16.6. The van der Waals surface area contributed by atoms with Gasteiger partial charge >= 0.3 is 0 Å². The van der Waals surface area contributed by atoms with Gasteiger partial charge in [0.25, 0.3) is 0 Å². The Labute approximate surface area is 114 Å². The summed E-state index contributed by atoms with van der Waals surface area (Å²) in [5.74, 6) is 0.503. The molecule has 3 rings (SSSR count). The second kappa shape index (κ2) is 5.00. The Balaban J connectivity index is 1.80. The molecule has 0 aromatic carbocycles. The Kier molecular flexibility index (Phi) is 3.18. The van der Waals surface area contributed by atoms with Gasteiger partial charge in [0.1, 0.15) is 6.33 Å². The van der Waals surface area contributed by atoms with Gasteiger partial charge in [0, 0.05) is 19.6 Å². The van der Waals surface area contributed by atoms with Crippen LogP contribution in [0.25, 0.3) is 11.2 Å². The minimum Gasteiger partial charge on any atom is -0.353 e. The molecule has 3 heterocycles. The lowest BCUT2D eigenvalue weighted by molar-refractivity contribution is -0.136. The average Bonchev–Trinajstić information content (AvgIpc) is 2.81. The number of hydrogen-bond acceptors (Lipinski definition) is 7. The van der Waals surface area contributed by atoms with Gasteiger partial charge in [-0.3, -0.25) is 9.63 Å². The van der Waals surface area contributed by atoms with Crippen molar-refractivity contribution in [3.63, 3.8) is 0 Å². The number of aryl methyl sites for hydroxylation is 1. The Hall–Kier alpha value is -2.29. The number of amides is 1. The van der Waals surface area contributed by atoms with E-state index >= 15 is 0 Å². The zero-order chi connectivity index (χ0) is 14.1. The largest absolute Gasteiger partial charge is 0.353 e. The fourth-order valence-electron chi connectivity index (χ4n) is 2.23. The molecule has 0 unspecified atom stereocenters. The van der Waals surface area contributed by atoms with Crippen LogP contribution in [0.4, 0.5) is 5.82 Å². The molecule has 0 atom stereocenters. The van der Waals surface area contributed by atoms with Crippen molar-refractivity contribution in [3.8, 4) is 0 Å². The van der Waals surface area contributed by atoms with Crippen LogP contribution < -0.4 is 10.4 Å². The lowest BCUT2D eigenvalue weighted by Gasteiger charge is -2.38. The summed E-state index contributed by atoms with van der Waals surface area (Å²) in [4.78, 5) is 26.6. The first-order chi connectivity index (χ1) is 9.74. The first-order valence-corrected chi connectivity index (χ1v) is 6.36. The second-order valence-corrected chi connectivity index (χ2v) is 4.55. The molecule has 1 N–H and O–H groups in total. The molecule has 0 bridgehead atoms. The SMILES string of the molecule is CCn1nnc2c(N3CC(C(=O)NOC)C3)ncnc21. The summed E-state index contributed by atoms with van der Waals surface area (Å²) in [5, 5.41) is 8.16. The van der Waals surface area contributed by atoms with E-state index in [0.29, 0.717) is 30.8 Å². The zero-order valence-electron chi connectivity index (χ0n) is 11.3. The molecule has 1 fully saturated rings. The number of fused-ring (bicyclic) bond motifs is 1. The van der Waals surface area contributed by atoms with Gasteiger partial charge in [-0.15, -0.1) is 5.10 Å². The Morgan fingerprint density at radius 1 is 1.50 bits per heavy atom. The van der Waals surface area contributed by atoms with E-state index in [-0.39, 0.29) is 11.8 Å². The maximum Gasteiger partial charge on any atom is 0.250 e. The van der Waals surface area contributed by atoms with Crippen LogP contribution in [0.1, 0.15) is 6.92 Å². The molecule has 2 aromatic heterocycles. The van der Waals surface area contributed by atoms with Crippen molar-refractivity contribution in [1.82, 2.24) is 30.4 Å².